The number of aromatic carboxylic acids is 1. The minimum absolute atomic E-state index is 0.0678. The quantitative estimate of drug-likeness (QED) is 0.898. The molecule has 5 nitrogen and oxygen atoms in total. The second kappa shape index (κ2) is 5.46. The Morgan fingerprint density at radius 2 is 2.05 bits per heavy atom. The zero-order chi connectivity index (χ0) is 13.9. The number of anilines is 1. The summed E-state index contributed by atoms with van der Waals surface area (Å²) in [6.07, 6.45) is 1.86. The molecule has 1 aliphatic heterocycles. The maximum Gasteiger partial charge on any atom is 0.354 e. The number of carboxylic acids is 1. The summed E-state index contributed by atoms with van der Waals surface area (Å²) in [7, 11) is 0. The molecule has 1 saturated heterocycles. The number of ether oxygens (including phenoxy) is 1. The molecule has 2 N–H and O–H groups in total. The van der Waals surface area contributed by atoms with Crippen molar-refractivity contribution in [2.24, 2.45) is 0 Å². The molecule has 1 aromatic carbocycles. The number of nitrogens with zero attached hydrogens (tertiary/aromatic N) is 1. The van der Waals surface area contributed by atoms with Crippen LogP contribution in [0, 0.1) is 0 Å². The van der Waals surface area contributed by atoms with E-state index in [1.165, 1.54) is 0 Å². The first kappa shape index (κ1) is 12.9. The van der Waals surface area contributed by atoms with Crippen LogP contribution in [-0.4, -0.2) is 35.3 Å². The standard InChI is InChI=1S/C15H16N2O3/c18-15(19)14-9-13(16-10-5-7-20-8-6-10)11-3-1-2-4-12(11)17-14/h1-4,9-10H,5-8H2,(H,16,17)(H,18,19). The van der Waals surface area contributed by atoms with Gasteiger partial charge in [-0.1, -0.05) is 18.2 Å². The highest BCUT2D eigenvalue weighted by atomic mass is 16.5. The van der Waals surface area contributed by atoms with E-state index in [0.717, 1.165) is 37.1 Å². The first-order chi connectivity index (χ1) is 9.74. The molecule has 1 aliphatic rings. The lowest BCUT2D eigenvalue weighted by Gasteiger charge is -2.25. The molecule has 0 bridgehead atoms. The van der Waals surface area contributed by atoms with E-state index in [2.05, 4.69) is 10.3 Å². The molecule has 0 saturated carbocycles. The number of pyridine rings is 1. The number of hydrogen-bond acceptors (Lipinski definition) is 4. The second-order valence-corrected chi connectivity index (χ2v) is 4.91. The van der Waals surface area contributed by atoms with Gasteiger partial charge >= 0.3 is 5.97 Å². The third-order valence-electron chi connectivity index (χ3n) is 3.52. The fourth-order valence-corrected chi connectivity index (χ4v) is 2.47. The third-order valence-corrected chi connectivity index (χ3v) is 3.52. The lowest BCUT2D eigenvalue weighted by atomic mass is 10.1. The van der Waals surface area contributed by atoms with Crippen molar-refractivity contribution >= 4 is 22.6 Å². The third kappa shape index (κ3) is 2.58. The Morgan fingerprint density at radius 1 is 1.30 bits per heavy atom. The topological polar surface area (TPSA) is 71.5 Å². The molecular formula is C15H16N2O3. The van der Waals surface area contributed by atoms with Crippen molar-refractivity contribution in [3.8, 4) is 0 Å². The predicted molar refractivity (Wildman–Crippen MR) is 76.2 cm³/mol. The first-order valence-electron chi connectivity index (χ1n) is 6.71. The number of carbonyl (C=O) groups is 1. The predicted octanol–water partition coefficient (Wildman–Crippen LogP) is 2.52. The van der Waals surface area contributed by atoms with Crippen LogP contribution in [0.15, 0.2) is 30.3 Å². The van der Waals surface area contributed by atoms with E-state index in [4.69, 9.17) is 9.84 Å². The van der Waals surface area contributed by atoms with Crippen molar-refractivity contribution in [2.75, 3.05) is 18.5 Å². The summed E-state index contributed by atoms with van der Waals surface area (Å²) in [5.41, 5.74) is 1.60. The smallest absolute Gasteiger partial charge is 0.354 e. The number of aromatic nitrogens is 1. The number of para-hydroxylation sites is 1. The normalized spacial score (nSPS) is 16.2. The summed E-state index contributed by atoms with van der Waals surface area (Å²) in [6, 6.07) is 9.50. The fraction of sp³-hybridized carbons (Fsp3) is 0.333. The zero-order valence-corrected chi connectivity index (χ0v) is 11.0. The minimum Gasteiger partial charge on any atom is -0.477 e. The van der Waals surface area contributed by atoms with Crippen LogP contribution in [0.2, 0.25) is 0 Å². The molecule has 2 aromatic rings. The van der Waals surface area contributed by atoms with Crippen LogP contribution in [0.3, 0.4) is 0 Å². The Morgan fingerprint density at radius 3 is 2.80 bits per heavy atom. The van der Waals surface area contributed by atoms with E-state index >= 15 is 0 Å². The molecule has 104 valence electrons. The van der Waals surface area contributed by atoms with Crippen LogP contribution in [0.1, 0.15) is 23.3 Å². The highest BCUT2D eigenvalue weighted by Gasteiger charge is 2.16. The molecule has 5 heteroatoms. The highest BCUT2D eigenvalue weighted by molar-refractivity contribution is 5.97. The molecule has 3 rings (SSSR count). The lowest BCUT2D eigenvalue weighted by molar-refractivity contribution is 0.0691. The Bertz CT molecular complexity index is 636. The van der Waals surface area contributed by atoms with E-state index in [-0.39, 0.29) is 5.69 Å². The van der Waals surface area contributed by atoms with Gasteiger partial charge in [-0.2, -0.15) is 0 Å². The largest absolute Gasteiger partial charge is 0.477 e. The Balaban J connectivity index is 2.00. The zero-order valence-electron chi connectivity index (χ0n) is 11.0. The van der Waals surface area contributed by atoms with Gasteiger partial charge in [0.1, 0.15) is 0 Å². The molecule has 1 aromatic heterocycles. The van der Waals surface area contributed by atoms with Crippen molar-refractivity contribution in [3.63, 3.8) is 0 Å². The molecule has 0 atom stereocenters. The van der Waals surface area contributed by atoms with E-state index in [1.807, 2.05) is 24.3 Å². The number of hydrogen-bond donors (Lipinski definition) is 2. The first-order valence-corrected chi connectivity index (χ1v) is 6.71. The van der Waals surface area contributed by atoms with Gasteiger partial charge in [0, 0.05) is 30.3 Å². The summed E-state index contributed by atoms with van der Waals surface area (Å²) >= 11 is 0. The molecule has 0 amide bonds. The van der Waals surface area contributed by atoms with Crippen LogP contribution in [0.25, 0.3) is 10.9 Å². The van der Waals surface area contributed by atoms with Gasteiger partial charge in [0.15, 0.2) is 5.69 Å². The van der Waals surface area contributed by atoms with Crippen LogP contribution in [0.5, 0.6) is 0 Å². The molecule has 1 fully saturated rings. The van der Waals surface area contributed by atoms with Gasteiger partial charge in [-0.05, 0) is 25.0 Å². The number of nitrogens with one attached hydrogen (secondary N) is 1. The van der Waals surface area contributed by atoms with Crippen molar-refractivity contribution in [2.45, 2.75) is 18.9 Å². The second-order valence-electron chi connectivity index (χ2n) is 4.91. The maximum atomic E-state index is 11.2. The number of benzene rings is 1. The summed E-state index contributed by atoms with van der Waals surface area (Å²) in [4.78, 5) is 15.3. The average molecular weight is 272 g/mol. The van der Waals surface area contributed by atoms with Crippen molar-refractivity contribution in [1.82, 2.24) is 4.98 Å². The van der Waals surface area contributed by atoms with Crippen molar-refractivity contribution in [1.29, 1.82) is 0 Å². The number of carboxylic acid groups (broad SMARTS) is 1. The van der Waals surface area contributed by atoms with E-state index in [9.17, 15) is 4.79 Å². The lowest BCUT2D eigenvalue weighted by Crippen LogP contribution is -2.28. The van der Waals surface area contributed by atoms with Gasteiger partial charge in [0.25, 0.3) is 0 Å². The van der Waals surface area contributed by atoms with Gasteiger partial charge in [-0.25, -0.2) is 9.78 Å². The number of fused-ring (bicyclic) bond motifs is 1. The van der Waals surface area contributed by atoms with Gasteiger partial charge < -0.3 is 15.2 Å². The molecule has 0 aliphatic carbocycles. The van der Waals surface area contributed by atoms with Crippen molar-refractivity contribution < 1.29 is 14.6 Å². The van der Waals surface area contributed by atoms with E-state index < -0.39 is 5.97 Å². The van der Waals surface area contributed by atoms with Gasteiger partial charge in [-0.3, -0.25) is 0 Å². The monoisotopic (exact) mass is 272 g/mol. The Hall–Kier alpha value is -2.14. The molecular weight excluding hydrogens is 256 g/mol. The molecule has 2 heterocycles. The maximum absolute atomic E-state index is 11.2. The highest BCUT2D eigenvalue weighted by Crippen LogP contribution is 2.25. The molecule has 20 heavy (non-hydrogen) atoms. The van der Waals surface area contributed by atoms with Crippen LogP contribution >= 0.6 is 0 Å². The fourth-order valence-electron chi connectivity index (χ4n) is 2.47. The molecule has 0 unspecified atom stereocenters. The Labute approximate surface area is 116 Å². The SMILES string of the molecule is O=C(O)c1cc(NC2CCOCC2)c2ccccc2n1. The van der Waals surface area contributed by atoms with Gasteiger partial charge in [0.05, 0.1) is 5.52 Å². The van der Waals surface area contributed by atoms with E-state index in [0.29, 0.717) is 11.6 Å². The Kier molecular flexibility index (Phi) is 3.52. The summed E-state index contributed by atoms with van der Waals surface area (Å²) in [5.74, 6) is -1.01. The van der Waals surface area contributed by atoms with Crippen LogP contribution in [0.4, 0.5) is 5.69 Å². The van der Waals surface area contributed by atoms with Crippen LogP contribution < -0.4 is 5.32 Å². The summed E-state index contributed by atoms with van der Waals surface area (Å²) in [5, 5.41) is 13.5. The minimum atomic E-state index is -1.01. The average Bonchev–Trinajstić information content (AvgIpc) is 2.48. The molecule has 0 spiro atoms. The summed E-state index contributed by atoms with van der Waals surface area (Å²) in [6.45, 7) is 1.49. The van der Waals surface area contributed by atoms with Crippen molar-refractivity contribution in [3.05, 3.63) is 36.0 Å². The van der Waals surface area contributed by atoms with Gasteiger partial charge in [-0.15, -0.1) is 0 Å². The summed E-state index contributed by atoms with van der Waals surface area (Å²) < 4.78 is 5.34. The number of rotatable bonds is 3. The van der Waals surface area contributed by atoms with Crippen LogP contribution in [-0.2, 0) is 4.74 Å². The van der Waals surface area contributed by atoms with Gasteiger partial charge in [0.2, 0.25) is 0 Å². The molecule has 0 radical (unpaired) electrons. The van der Waals surface area contributed by atoms with E-state index in [1.54, 1.807) is 6.07 Å².